The summed E-state index contributed by atoms with van der Waals surface area (Å²) >= 11 is 0. The van der Waals surface area contributed by atoms with Crippen molar-refractivity contribution in [3.63, 3.8) is 0 Å². The van der Waals surface area contributed by atoms with Gasteiger partial charge in [-0.15, -0.1) is 0 Å². The third kappa shape index (κ3) is 2.74. The van der Waals surface area contributed by atoms with E-state index in [-0.39, 0.29) is 6.04 Å². The fourth-order valence-corrected chi connectivity index (χ4v) is 1.24. The second-order valence-corrected chi connectivity index (χ2v) is 3.18. The molecule has 76 valence electrons. The van der Waals surface area contributed by atoms with Crippen molar-refractivity contribution in [2.75, 3.05) is 0 Å². The number of carbonyl (C=O) groups is 1. The molecule has 2 amide bonds. The topological polar surface area (TPSA) is 81.1 Å². The van der Waals surface area contributed by atoms with E-state index in [4.69, 9.17) is 11.5 Å². The molecule has 0 aliphatic heterocycles. The first-order valence-electron chi connectivity index (χ1n) is 4.48. The van der Waals surface area contributed by atoms with Crippen molar-refractivity contribution in [3.8, 4) is 0 Å². The molecule has 4 nitrogen and oxygen atoms in total. The Kier molecular flexibility index (Phi) is 3.48. The van der Waals surface area contributed by atoms with Crippen LogP contribution in [0, 0.1) is 0 Å². The minimum atomic E-state index is -0.514. The van der Waals surface area contributed by atoms with Crippen LogP contribution in [0.15, 0.2) is 24.3 Å². The van der Waals surface area contributed by atoms with Crippen LogP contribution < -0.4 is 16.8 Å². The molecule has 5 N–H and O–H groups in total. The summed E-state index contributed by atoms with van der Waals surface area (Å²) in [5.41, 5.74) is 12.6. The molecule has 1 unspecified atom stereocenters. The zero-order chi connectivity index (χ0) is 10.6. The number of urea groups is 1. The van der Waals surface area contributed by atoms with Crippen molar-refractivity contribution in [2.45, 2.75) is 19.5 Å². The molecule has 0 saturated heterocycles. The number of rotatable bonds is 3. The summed E-state index contributed by atoms with van der Waals surface area (Å²) in [4.78, 5) is 10.6. The van der Waals surface area contributed by atoms with E-state index in [2.05, 4.69) is 5.32 Å². The Labute approximate surface area is 83.3 Å². The van der Waals surface area contributed by atoms with E-state index >= 15 is 0 Å². The van der Waals surface area contributed by atoms with Crippen LogP contribution in [-0.4, -0.2) is 6.03 Å². The zero-order valence-corrected chi connectivity index (χ0v) is 8.16. The predicted molar refractivity (Wildman–Crippen MR) is 55.5 cm³/mol. The highest BCUT2D eigenvalue weighted by Gasteiger charge is 2.05. The van der Waals surface area contributed by atoms with E-state index < -0.39 is 6.03 Å². The van der Waals surface area contributed by atoms with Crippen molar-refractivity contribution in [3.05, 3.63) is 35.4 Å². The predicted octanol–water partition coefficient (Wildman–Crippen LogP) is 0.875. The Morgan fingerprint density at radius 1 is 1.43 bits per heavy atom. The van der Waals surface area contributed by atoms with Gasteiger partial charge in [0.15, 0.2) is 0 Å². The largest absolute Gasteiger partial charge is 0.352 e. The minimum absolute atomic E-state index is 0.0701. The van der Waals surface area contributed by atoms with E-state index in [1.807, 2.05) is 31.2 Å². The highest BCUT2D eigenvalue weighted by molar-refractivity contribution is 5.72. The quantitative estimate of drug-likeness (QED) is 0.666. The Morgan fingerprint density at radius 3 is 2.43 bits per heavy atom. The lowest BCUT2D eigenvalue weighted by Crippen LogP contribution is -2.31. The normalized spacial score (nSPS) is 12.1. The number of nitrogens with two attached hydrogens (primary N) is 2. The molecule has 1 aromatic rings. The Morgan fingerprint density at radius 2 is 2.00 bits per heavy atom. The Hall–Kier alpha value is -1.55. The molecule has 0 heterocycles. The summed E-state index contributed by atoms with van der Waals surface area (Å²) in [6.07, 6.45) is 0. The molecule has 14 heavy (non-hydrogen) atoms. The molecular formula is C10H15N3O. The van der Waals surface area contributed by atoms with E-state index in [1.54, 1.807) is 0 Å². The molecule has 0 aromatic heterocycles. The van der Waals surface area contributed by atoms with Crippen molar-refractivity contribution < 1.29 is 4.79 Å². The van der Waals surface area contributed by atoms with E-state index in [0.717, 1.165) is 11.1 Å². The van der Waals surface area contributed by atoms with Gasteiger partial charge in [-0.2, -0.15) is 0 Å². The summed E-state index contributed by atoms with van der Waals surface area (Å²) < 4.78 is 0. The molecule has 1 rings (SSSR count). The summed E-state index contributed by atoms with van der Waals surface area (Å²) in [6, 6.07) is 7.16. The van der Waals surface area contributed by atoms with Gasteiger partial charge in [0.1, 0.15) is 0 Å². The first-order valence-corrected chi connectivity index (χ1v) is 4.48. The second kappa shape index (κ2) is 4.62. The lowest BCUT2D eigenvalue weighted by molar-refractivity contribution is 0.246. The third-order valence-corrected chi connectivity index (χ3v) is 2.07. The van der Waals surface area contributed by atoms with Crippen LogP contribution >= 0.6 is 0 Å². The lowest BCUT2D eigenvalue weighted by Gasteiger charge is -2.12. The summed E-state index contributed by atoms with van der Waals surface area (Å²) in [7, 11) is 0. The zero-order valence-electron chi connectivity index (χ0n) is 8.16. The maximum absolute atomic E-state index is 10.6. The van der Waals surface area contributed by atoms with Crippen LogP contribution in [0.4, 0.5) is 4.79 Å². The maximum Gasteiger partial charge on any atom is 0.312 e. The minimum Gasteiger partial charge on any atom is -0.352 e. The molecule has 0 bridgehead atoms. The Bertz CT molecular complexity index is 308. The van der Waals surface area contributed by atoms with E-state index in [1.165, 1.54) is 0 Å². The van der Waals surface area contributed by atoms with Gasteiger partial charge in [-0.05, 0) is 18.1 Å². The summed E-state index contributed by atoms with van der Waals surface area (Å²) in [5, 5.41) is 2.60. The van der Waals surface area contributed by atoms with Gasteiger partial charge in [0.2, 0.25) is 0 Å². The van der Waals surface area contributed by atoms with Crippen LogP contribution in [0.5, 0.6) is 0 Å². The highest BCUT2D eigenvalue weighted by atomic mass is 16.2. The molecule has 0 saturated carbocycles. The van der Waals surface area contributed by atoms with Crippen molar-refractivity contribution in [2.24, 2.45) is 11.5 Å². The fraction of sp³-hybridized carbons (Fsp3) is 0.300. The number of amides is 2. The van der Waals surface area contributed by atoms with Gasteiger partial charge in [-0.3, -0.25) is 0 Å². The summed E-state index contributed by atoms with van der Waals surface area (Å²) in [5.74, 6) is 0. The van der Waals surface area contributed by atoms with Gasteiger partial charge in [-0.25, -0.2) is 4.79 Å². The molecule has 0 radical (unpaired) electrons. The molecule has 0 aliphatic carbocycles. The number of carbonyl (C=O) groups excluding carboxylic acids is 1. The standard InChI is InChI=1S/C10H15N3O/c1-7(13-10(12)14)9-4-2-8(6-11)3-5-9/h2-5,7H,6,11H2,1H3,(H3,12,13,14). The number of primary amides is 1. The fourth-order valence-electron chi connectivity index (χ4n) is 1.24. The first kappa shape index (κ1) is 10.5. The average molecular weight is 193 g/mol. The van der Waals surface area contributed by atoms with Crippen LogP contribution in [0.2, 0.25) is 0 Å². The third-order valence-electron chi connectivity index (χ3n) is 2.07. The van der Waals surface area contributed by atoms with E-state index in [9.17, 15) is 4.79 Å². The van der Waals surface area contributed by atoms with Crippen molar-refractivity contribution in [1.82, 2.24) is 5.32 Å². The van der Waals surface area contributed by atoms with Gasteiger partial charge < -0.3 is 16.8 Å². The molecule has 0 fully saturated rings. The van der Waals surface area contributed by atoms with Gasteiger partial charge in [0, 0.05) is 6.54 Å². The first-order chi connectivity index (χ1) is 6.63. The molecule has 1 aromatic carbocycles. The summed E-state index contributed by atoms with van der Waals surface area (Å²) in [6.45, 7) is 2.40. The molecule has 0 aliphatic rings. The average Bonchev–Trinajstić information content (AvgIpc) is 2.17. The number of benzene rings is 1. The van der Waals surface area contributed by atoms with Crippen LogP contribution in [0.1, 0.15) is 24.1 Å². The van der Waals surface area contributed by atoms with Crippen LogP contribution in [0.3, 0.4) is 0 Å². The number of hydrogen-bond donors (Lipinski definition) is 3. The second-order valence-electron chi connectivity index (χ2n) is 3.18. The smallest absolute Gasteiger partial charge is 0.312 e. The van der Waals surface area contributed by atoms with Crippen LogP contribution in [-0.2, 0) is 6.54 Å². The van der Waals surface area contributed by atoms with Gasteiger partial charge in [0.25, 0.3) is 0 Å². The highest BCUT2D eigenvalue weighted by Crippen LogP contribution is 2.12. The number of nitrogens with one attached hydrogen (secondary N) is 1. The van der Waals surface area contributed by atoms with Crippen LogP contribution in [0.25, 0.3) is 0 Å². The van der Waals surface area contributed by atoms with Gasteiger partial charge in [-0.1, -0.05) is 24.3 Å². The van der Waals surface area contributed by atoms with Crippen molar-refractivity contribution >= 4 is 6.03 Å². The van der Waals surface area contributed by atoms with Gasteiger partial charge in [0.05, 0.1) is 6.04 Å². The SMILES string of the molecule is CC(NC(N)=O)c1ccc(CN)cc1. The van der Waals surface area contributed by atoms with Crippen molar-refractivity contribution in [1.29, 1.82) is 0 Å². The lowest BCUT2D eigenvalue weighted by atomic mass is 10.1. The monoisotopic (exact) mass is 193 g/mol. The van der Waals surface area contributed by atoms with Gasteiger partial charge >= 0.3 is 6.03 Å². The molecule has 1 atom stereocenters. The molecule has 0 spiro atoms. The molecular weight excluding hydrogens is 178 g/mol. The maximum atomic E-state index is 10.6. The van der Waals surface area contributed by atoms with E-state index in [0.29, 0.717) is 6.54 Å². The molecule has 4 heteroatoms. The Balaban J connectivity index is 2.71. The number of hydrogen-bond acceptors (Lipinski definition) is 2.